The van der Waals surface area contributed by atoms with Crippen LogP contribution in [0, 0.1) is 5.92 Å². The molecule has 66 valence electrons. The smallest absolute Gasteiger partial charge is 0.321 e. The Morgan fingerprint density at radius 1 is 1.64 bits per heavy atom. The third-order valence-corrected chi connectivity index (χ3v) is 1.38. The minimum absolute atomic E-state index is 0.0719. The molecule has 0 aliphatic carbocycles. The Hall–Kier alpha value is -0.610. The van der Waals surface area contributed by atoms with E-state index in [-0.39, 0.29) is 12.6 Å². The Labute approximate surface area is 66.5 Å². The molecule has 0 bridgehead atoms. The monoisotopic (exact) mass is 161 g/mol. The summed E-state index contributed by atoms with van der Waals surface area (Å²) >= 11 is 0. The molecule has 0 radical (unpaired) electrons. The van der Waals surface area contributed by atoms with E-state index in [0.717, 1.165) is 0 Å². The fraction of sp³-hybridized carbons (Fsp3) is 0.857. The minimum atomic E-state index is -0.836. The van der Waals surface area contributed by atoms with Crippen LogP contribution in [0.3, 0.4) is 0 Å². The number of hydrogen-bond donors (Lipinski definition) is 2. The van der Waals surface area contributed by atoms with Crippen LogP contribution < -0.4 is 5.32 Å². The normalized spacial score (nSPS) is 13.5. The number of hydrogen-bond acceptors (Lipinski definition) is 3. The van der Waals surface area contributed by atoms with Crippen LogP contribution in [-0.4, -0.2) is 31.0 Å². The molecule has 0 aromatic heterocycles. The van der Waals surface area contributed by atoms with Crippen LogP contribution in [-0.2, 0) is 9.53 Å². The van der Waals surface area contributed by atoms with E-state index in [1.165, 1.54) is 7.11 Å². The van der Waals surface area contributed by atoms with Crippen LogP contribution in [0.5, 0.6) is 0 Å². The second-order valence-corrected chi connectivity index (χ2v) is 2.70. The second-order valence-electron chi connectivity index (χ2n) is 2.70. The molecule has 0 spiro atoms. The van der Waals surface area contributed by atoms with Crippen LogP contribution >= 0.6 is 0 Å². The molecule has 0 aromatic carbocycles. The molecule has 0 saturated carbocycles. The van der Waals surface area contributed by atoms with Crippen LogP contribution in [0.2, 0.25) is 0 Å². The Kier molecular flexibility index (Phi) is 4.81. The zero-order chi connectivity index (χ0) is 8.85. The van der Waals surface area contributed by atoms with Gasteiger partial charge in [-0.15, -0.1) is 0 Å². The van der Waals surface area contributed by atoms with Crippen LogP contribution in [0.15, 0.2) is 0 Å². The molecule has 0 saturated heterocycles. The first kappa shape index (κ1) is 10.4. The fourth-order valence-corrected chi connectivity index (χ4v) is 0.781. The molecule has 4 nitrogen and oxygen atoms in total. The summed E-state index contributed by atoms with van der Waals surface area (Å²) in [4.78, 5) is 10.5. The number of carboxylic acids is 1. The Balaban J connectivity index is 3.80. The average molecular weight is 161 g/mol. The van der Waals surface area contributed by atoms with Gasteiger partial charge in [-0.1, -0.05) is 13.8 Å². The highest BCUT2D eigenvalue weighted by molar-refractivity contribution is 5.73. The van der Waals surface area contributed by atoms with Gasteiger partial charge in [0.2, 0.25) is 0 Å². The van der Waals surface area contributed by atoms with Gasteiger partial charge in [-0.25, -0.2) is 0 Å². The van der Waals surface area contributed by atoms with E-state index >= 15 is 0 Å². The Morgan fingerprint density at radius 3 is 2.45 bits per heavy atom. The van der Waals surface area contributed by atoms with Gasteiger partial charge in [0.15, 0.2) is 0 Å². The molecule has 11 heavy (non-hydrogen) atoms. The van der Waals surface area contributed by atoms with Crippen molar-refractivity contribution in [3.63, 3.8) is 0 Å². The maximum atomic E-state index is 10.5. The van der Waals surface area contributed by atoms with E-state index in [9.17, 15) is 4.79 Å². The van der Waals surface area contributed by atoms with Crippen molar-refractivity contribution in [1.29, 1.82) is 0 Å². The van der Waals surface area contributed by atoms with Gasteiger partial charge in [-0.05, 0) is 5.92 Å². The van der Waals surface area contributed by atoms with Gasteiger partial charge in [0.25, 0.3) is 0 Å². The summed E-state index contributed by atoms with van der Waals surface area (Å²) in [6, 6.07) is -0.519. The number of carboxylic acid groups (broad SMARTS) is 1. The van der Waals surface area contributed by atoms with Crippen LogP contribution in [0.4, 0.5) is 0 Å². The summed E-state index contributed by atoms with van der Waals surface area (Å²) in [6.45, 7) is 3.97. The Morgan fingerprint density at radius 2 is 2.18 bits per heavy atom. The predicted molar refractivity (Wildman–Crippen MR) is 41.3 cm³/mol. The largest absolute Gasteiger partial charge is 0.480 e. The van der Waals surface area contributed by atoms with Gasteiger partial charge in [0.05, 0.1) is 6.73 Å². The summed E-state index contributed by atoms with van der Waals surface area (Å²) in [5.74, 6) is -0.764. The zero-order valence-electron chi connectivity index (χ0n) is 7.13. The van der Waals surface area contributed by atoms with Crippen LogP contribution in [0.25, 0.3) is 0 Å². The molecule has 0 heterocycles. The quantitative estimate of drug-likeness (QED) is 0.569. The highest BCUT2D eigenvalue weighted by atomic mass is 16.5. The van der Waals surface area contributed by atoms with Gasteiger partial charge in [-0.3, -0.25) is 10.1 Å². The molecule has 0 amide bonds. The number of rotatable bonds is 5. The van der Waals surface area contributed by atoms with Gasteiger partial charge in [0.1, 0.15) is 6.04 Å². The summed E-state index contributed by atoms with van der Waals surface area (Å²) in [5, 5.41) is 11.4. The number of carbonyl (C=O) groups is 1. The van der Waals surface area contributed by atoms with Crippen molar-refractivity contribution in [2.75, 3.05) is 13.8 Å². The lowest BCUT2D eigenvalue weighted by Gasteiger charge is -2.16. The molecule has 0 aliphatic rings. The van der Waals surface area contributed by atoms with E-state index in [0.29, 0.717) is 0 Å². The van der Waals surface area contributed by atoms with Crippen molar-refractivity contribution in [1.82, 2.24) is 5.32 Å². The molecule has 0 rings (SSSR count). The standard InChI is InChI=1S/C7H15NO3/c1-5(2)6(7(9)10)8-4-11-3/h5-6,8H,4H2,1-3H3,(H,9,10)/t6-/m1/s1. The average Bonchev–Trinajstić information content (AvgIpc) is 1.87. The maximum Gasteiger partial charge on any atom is 0.321 e. The first-order valence-electron chi connectivity index (χ1n) is 3.54. The molecule has 0 aromatic rings. The lowest BCUT2D eigenvalue weighted by atomic mass is 10.1. The number of aliphatic carboxylic acids is 1. The molecule has 1 atom stereocenters. The number of methoxy groups -OCH3 is 1. The van der Waals surface area contributed by atoms with E-state index in [4.69, 9.17) is 9.84 Å². The summed E-state index contributed by atoms with van der Waals surface area (Å²) in [7, 11) is 1.52. The minimum Gasteiger partial charge on any atom is -0.480 e. The first-order chi connectivity index (χ1) is 5.09. The van der Waals surface area contributed by atoms with Crippen molar-refractivity contribution >= 4 is 5.97 Å². The second kappa shape index (κ2) is 5.09. The highest BCUT2D eigenvalue weighted by Crippen LogP contribution is 2.00. The summed E-state index contributed by atoms with van der Waals surface area (Å²) in [6.07, 6.45) is 0. The molecule has 0 unspecified atom stereocenters. The van der Waals surface area contributed by atoms with Crippen molar-refractivity contribution < 1.29 is 14.6 Å². The maximum absolute atomic E-state index is 10.5. The van der Waals surface area contributed by atoms with Gasteiger partial charge >= 0.3 is 5.97 Å². The summed E-state index contributed by atoms with van der Waals surface area (Å²) < 4.78 is 4.70. The topological polar surface area (TPSA) is 58.6 Å². The first-order valence-corrected chi connectivity index (χ1v) is 3.54. The molecule has 0 aliphatic heterocycles. The van der Waals surface area contributed by atoms with E-state index in [2.05, 4.69) is 5.32 Å². The van der Waals surface area contributed by atoms with Crippen molar-refractivity contribution in [3.05, 3.63) is 0 Å². The van der Waals surface area contributed by atoms with E-state index in [1.54, 1.807) is 0 Å². The highest BCUT2D eigenvalue weighted by Gasteiger charge is 2.19. The molecular formula is C7H15NO3. The van der Waals surface area contributed by atoms with Crippen LogP contribution in [0.1, 0.15) is 13.8 Å². The van der Waals surface area contributed by atoms with Gasteiger partial charge in [0, 0.05) is 7.11 Å². The SMILES string of the molecule is COCN[C@@H](C(=O)O)C(C)C. The van der Waals surface area contributed by atoms with Gasteiger partial charge < -0.3 is 9.84 Å². The molecule has 4 heteroatoms. The lowest BCUT2D eigenvalue weighted by molar-refractivity contribution is -0.141. The van der Waals surface area contributed by atoms with Crippen molar-refractivity contribution in [2.24, 2.45) is 5.92 Å². The Bertz CT molecular complexity index is 125. The molecular weight excluding hydrogens is 146 g/mol. The molecule has 0 fully saturated rings. The van der Waals surface area contributed by atoms with Crippen molar-refractivity contribution in [3.8, 4) is 0 Å². The predicted octanol–water partition coefficient (Wildman–Crippen LogP) is 0.289. The zero-order valence-corrected chi connectivity index (χ0v) is 7.13. The third-order valence-electron chi connectivity index (χ3n) is 1.38. The summed E-state index contributed by atoms with van der Waals surface area (Å²) in [5.41, 5.74) is 0. The molecule has 2 N–H and O–H groups in total. The number of ether oxygens (including phenoxy) is 1. The fourth-order valence-electron chi connectivity index (χ4n) is 0.781. The lowest BCUT2D eigenvalue weighted by Crippen LogP contribution is -2.41. The number of nitrogens with one attached hydrogen (secondary N) is 1. The van der Waals surface area contributed by atoms with Gasteiger partial charge in [-0.2, -0.15) is 0 Å². The van der Waals surface area contributed by atoms with E-state index < -0.39 is 12.0 Å². The third kappa shape index (κ3) is 3.95. The van der Waals surface area contributed by atoms with E-state index in [1.807, 2.05) is 13.8 Å². The van der Waals surface area contributed by atoms with Crippen molar-refractivity contribution in [2.45, 2.75) is 19.9 Å².